The van der Waals surface area contributed by atoms with Gasteiger partial charge in [0.1, 0.15) is 0 Å². The van der Waals surface area contributed by atoms with E-state index in [1.165, 1.54) is 6.08 Å². The molecule has 0 radical (unpaired) electrons. The van der Waals surface area contributed by atoms with Crippen LogP contribution in [0.4, 0.5) is 0 Å². The van der Waals surface area contributed by atoms with Gasteiger partial charge in [-0.2, -0.15) is 0 Å². The van der Waals surface area contributed by atoms with Crippen LogP contribution in [0.25, 0.3) is 6.08 Å². The van der Waals surface area contributed by atoms with E-state index in [0.29, 0.717) is 5.02 Å². The van der Waals surface area contributed by atoms with Crippen LogP contribution in [0.15, 0.2) is 72.2 Å². The molecule has 0 atom stereocenters. The Labute approximate surface area is 136 Å². The molecule has 0 spiro atoms. The molecule has 2 aromatic carbocycles. The number of rotatable bonds is 6. The molecular formula is C17H16ClNO2S. The average molecular weight is 334 g/mol. The molecule has 0 unspecified atom stereocenters. The summed E-state index contributed by atoms with van der Waals surface area (Å²) in [5.41, 5.74) is 1.86. The zero-order chi connectivity index (χ0) is 15.8. The number of nitrogens with one attached hydrogen (secondary N) is 1. The first-order valence-corrected chi connectivity index (χ1v) is 8.61. The molecule has 0 aliphatic heterocycles. The van der Waals surface area contributed by atoms with Gasteiger partial charge in [0.2, 0.25) is 10.0 Å². The average Bonchev–Trinajstić information content (AvgIpc) is 2.52. The SMILES string of the molecule is O=S(=O)(/C=C/C=C/c1ccccc1)NCc1ccc(Cl)cc1. The lowest BCUT2D eigenvalue weighted by molar-refractivity contribution is 0.590. The van der Waals surface area contributed by atoms with Crippen molar-refractivity contribution in [3.05, 3.63) is 88.3 Å². The topological polar surface area (TPSA) is 46.2 Å². The van der Waals surface area contributed by atoms with E-state index in [1.54, 1.807) is 30.3 Å². The molecule has 0 bridgehead atoms. The standard InChI is InChI=1S/C17H16ClNO2S/c18-17-11-9-16(10-12-17)14-19-22(20,21)13-5-4-8-15-6-2-1-3-7-15/h1-13,19H,14H2/b8-4+,13-5+. The van der Waals surface area contributed by atoms with Gasteiger partial charge in [0.05, 0.1) is 0 Å². The van der Waals surface area contributed by atoms with Crippen LogP contribution in [0, 0.1) is 0 Å². The van der Waals surface area contributed by atoms with Gasteiger partial charge in [-0.25, -0.2) is 13.1 Å². The summed E-state index contributed by atoms with van der Waals surface area (Å²) < 4.78 is 26.2. The number of sulfonamides is 1. The van der Waals surface area contributed by atoms with Crippen LogP contribution in [0.2, 0.25) is 5.02 Å². The minimum Gasteiger partial charge on any atom is -0.208 e. The first-order chi connectivity index (χ1) is 10.6. The van der Waals surface area contributed by atoms with Gasteiger partial charge in [0.25, 0.3) is 0 Å². The molecule has 0 heterocycles. The molecule has 2 aromatic rings. The van der Waals surface area contributed by atoms with Crippen molar-refractivity contribution in [2.24, 2.45) is 0 Å². The van der Waals surface area contributed by atoms with Gasteiger partial charge in [-0.3, -0.25) is 0 Å². The van der Waals surface area contributed by atoms with Crippen LogP contribution in [0.1, 0.15) is 11.1 Å². The number of allylic oxidation sites excluding steroid dienone is 2. The highest BCUT2D eigenvalue weighted by Gasteiger charge is 2.03. The fourth-order valence-corrected chi connectivity index (χ4v) is 2.60. The Morgan fingerprint density at radius 3 is 2.32 bits per heavy atom. The van der Waals surface area contributed by atoms with Gasteiger partial charge in [0.15, 0.2) is 0 Å². The number of hydrogen-bond acceptors (Lipinski definition) is 2. The van der Waals surface area contributed by atoms with Crippen molar-refractivity contribution < 1.29 is 8.42 Å². The van der Waals surface area contributed by atoms with Crippen molar-refractivity contribution in [1.82, 2.24) is 4.72 Å². The van der Waals surface area contributed by atoms with Crippen LogP contribution in [0.5, 0.6) is 0 Å². The van der Waals surface area contributed by atoms with E-state index < -0.39 is 10.0 Å². The molecule has 114 valence electrons. The molecular weight excluding hydrogens is 318 g/mol. The molecule has 0 saturated heterocycles. The zero-order valence-electron chi connectivity index (χ0n) is 11.8. The predicted molar refractivity (Wildman–Crippen MR) is 91.8 cm³/mol. The van der Waals surface area contributed by atoms with E-state index >= 15 is 0 Å². The fraction of sp³-hybridized carbons (Fsp3) is 0.0588. The molecule has 2 rings (SSSR count). The number of halogens is 1. The lowest BCUT2D eigenvalue weighted by Crippen LogP contribution is -2.20. The molecule has 0 aromatic heterocycles. The summed E-state index contributed by atoms with van der Waals surface area (Å²) in [6.45, 7) is 0.228. The summed E-state index contributed by atoms with van der Waals surface area (Å²) in [7, 11) is -3.46. The maximum atomic E-state index is 11.8. The fourth-order valence-electron chi connectivity index (χ4n) is 1.71. The maximum absolute atomic E-state index is 11.8. The monoisotopic (exact) mass is 333 g/mol. The lowest BCUT2D eigenvalue weighted by atomic mass is 10.2. The van der Waals surface area contributed by atoms with Gasteiger partial charge in [-0.15, -0.1) is 0 Å². The van der Waals surface area contributed by atoms with Crippen LogP contribution in [0.3, 0.4) is 0 Å². The summed E-state index contributed by atoms with van der Waals surface area (Å²) in [6, 6.07) is 16.7. The maximum Gasteiger partial charge on any atom is 0.234 e. The highest BCUT2D eigenvalue weighted by atomic mass is 35.5. The summed E-state index contributed by atoms with van der Waals surface area (Å²) >= 11 is 5.78. The van der Waals surface area contributed by atoms with Crippen LogP contribution in [-0.2, 0) is 16.6 Å². The summed E-state index contributed by atoms with van der Waals surface area (Å²) in [4.78, 5) is 0. The molecule has 0 fully saturated rings. The van der Waals surface area contributed by atoms with Gasteiger partial charge >= 0.3 is 0 Å². The molecule has 3 nitrogen and oxygen atoms in total. The van der Waals surface area contributed by atoms with Crippen LogP contribution in [-0.4, -0.2) is 8.42 Å². The van der Waals surface area contributed by atoms with E-state index in [1.807, 2.05) is 36.4 Å². The third-order valence-corrected chi connectivity index (χ3v) is 4.16. The minimum atomic E-state index is -3.46. The number of hydrogen-bond donors (Lipinski definition) is 1. The summed E-state index contributed by atoms with van der Waals surface area (Å²) in [5, 5.41) is 1.76. The Kier molecular flexibility index (Phi) is 5.95. The van der Waals surface area contributed by atoms with Crippen molar-refractivity contribution in [3.63, 3.8) is 0 Å². The summed E-state index contributed by atoms with van der Waals surface area (Å²) in [5.74, 6) is 0. The Hall–Kier alpha value is -1.88. The predicted octanol–water partition coefficient (Wildman–Crippen LogP) is 3.99. The van der Waals surface area contributed by atoms with E-state index in [2.05, 4.69) is 4.72 Å². The normalized spacial score (nSPS) is 12.2. The van der Waals surface area contributed by atoms with Gasteiger partial charge in [0, 0.05) is 17.0 Å². The molecule has 5 heteroatoms. The molecule has 1 N–H and O–H groups in total. The zero-order valence-corrected chi connectivity index (χ0v) is 13.4. The molecule has 22 heavy (non-hydrogen) atoms. The first kappa shape index (κ1) is 16.5. The summed E-state index contributed by atoms with van der Waals surface area (Å²) in [6.07, 6.45) is 5.03. The quantitative estimate of drug-likeness (QED) is 0.812. The van der Waals surface area contributed by atoms with Gasteiger partial charge in [-0.05, 0) is 29.3 Å². The van der Waals surface area contributed by atoms with Crippen molar-refractivity contribution in [1.29, 1.82) is 0 Å². The van der Waals surface area contributed by atoms with Crippen LogP contribution >= 0.6 is 11.6 Å². The van der Waals surface area contributed by atoms with Crippen molar-refractivity contribution in [2.45, 2.75) is 6.54 Å². The Morgan fingerprint density at radius 1 is 0.955 bits per heavy atom. The second kappa shape index (κ2) is 7.94. The van der Waals surface area contributed by atoms with Crippen molar-refractivity contribution in [2.75, 3.05) is 0 Å². The molecule has 0 saturated carbocycles. The van der Waals surface area contributed by atoms with E-state index in [-0.39, 0.29) is 6.54 Å². The van der Waals surface area contributed by atoms with Gasteiger partial charge in [-0.1, -0.05) is 66.2 Å². The second-order valence-electron chi connectivity index (χ2n) is 4.59. The molecule has 0 aliphatic rings. The van der Waals surface area contributed by atoms with E-state index in [0.717, 1.165) is 16.5 Å². The number of benzene rings is 2. The molecule has 0 aliphatic carbocycles. The third kappa shape index (κ3) is 5.85. The Balaban J connectivity index is 1.89. The van der Waals surface area contributed by atoms with E-state index in [9.17, 15) is 8.42 Å². The third-order valence-electron chi connectivity index (χ3n) is 2.85. The first-order valence-electron chi connectivity index (χ1n) is 6.69. The second-order valence-corrected chi connectivity index (χ2v) is 6.68. The lowest BCUT2D eigenvalue weighted by Gasteiger charge is -2.02. The highest BCUT2D eigenvalue weighted by Crippen LogP contribution is 2.09. The van der Waals surface area contributed by atoms with Crippen molar-refractivity contribution in [3.8, 4) is 0 Å². The van der Waals surface area contributed by atoms with E-state index in [4.69, 9.17) is 11.6 Å². The highest BCUT2D eigenvalue weighted by molar-refractivity contribution is 7.92. The van der Waals surface area contributed by atoms with Crippen LogP contribution < -0.4 is 4.72 Å². The molecule has 0 amide bonds. The van der Waals surface area contributed by atoms with Gasteiger partial charge < -0.3 is 0 Å². The van der Waals surface area contributed by atoms with Crippen molar-refractivity contribution >= 4 is 27.7 Å². The Morgan fingerprint density at radius 2 is 1.64 bits per heavy atom. The minimum absolute atomic E-state index is 0.228. The smallest absolute Gasteiger partial charge is 0.208 e. The largest absolute Gasteiger partial charge is 0.234 e. The Bertz CT molecular complexity index is 751.